The largest absolute Gasteiger partial charge is 0.497 e. The summed E-state index contributed by atoms with van der Waals surface area (Å²) in [5, 5.41) is 2.94. The maximum absolute atomic E-state index is 12.8. The molecule has 1 atom stereocenters. The van der Waals surface area contributed by atoms with Gasteiger partial charge in [0.1, 0.15) is 11.5 Å². The Morgan fingerprint density at radius 2 is 1.91 bits per heavy atom. The Labute approximate surface area is 187 Å². The van der Waals surface area contributed by atoms with E-state index in [4.69, 9.17) is 9.47 Å². The minimum absolute atomic E-state index is 0.122. The van der Waals surface area contributed by atoms with E-state index in [-0.39, 0.29) is 30.7 Å². The monoisotopic (exact) mass is 437 g/mol. The number of nitrogens with one attached hydrogen (secondary N) is 1. The number of hydrogen-bond acceptors (Lipinski definition) is 5. The lowest BCUT2D eigenvalue weighted by atomic mass is 10.1. The van der Waals surface area contributed by atoms with Crippen LogP contribution in [0.4, 0.5) is 11.4 Å². The van der Waals surface area contributed by atoms with Crippen LogP contribution in [0.3, 0.4) is 0 Å². The van der Waals surface area contributed by atoms with Gasteiger partial charge in [0.15, 0.2) is 0 Å². The van der Waals surface area contributed by atoms with E-state index in [0.717, 1.165) is 24.2 Å². The number of hydrogen-bond donors (Lipinski definition) is 1. The smallest absolute Gasteiger partial charge is 0.227 e. The zero-order valence-electron chi connectivity index (χ0n) is 18.3. The summed E-state index contributed by atoms with van der Waals surface area (Å²) < 4.78 is 10.6. The van der Waals surface area contributed by atoms with Crippen LogP contribution in [-0.2, 0) is 20.9 Å². The Bertz CT molecular complexity index is 1040. The summed E-state index contributed by atoms with van der Waals surface area (Å²) >= 11 is 0. The van der Waals surface area contributed by atoms with Gasteiger partial charge in [0.25, 0.3) is 0 Å². The molecule has 0 saturated carbocycles. The van der Waals surface area contributed by atoms with Crippen molar-refractivity contribution in [1.29, 1.82) is 0 Å². The van der Waals surface area contributed by atoms with Gasteiger partial charge >= 0.3 is 0 Å². The fourth-order valence-corrected chi connectivity index (χ4v) is 4.21. The zero-order chi connectivity index (χ0) is 22.7. The third-order valence-corrected chi connectivity index (χ3v) is 5.94. The van der Waals surface area contributed by atoms with E-state index in [1.165, 1.54) is 7.11 Å². The first kappa shape index (κ1) is 21.7. The number of benzene rings is 2. The molecule has 0 aliphatic carbocycles. The molecule has 0 aromatic heterocycles. The summed E-state index contributed by atoms with van der Waals surface area (Å²) in [5.41, 5.74) is 2.39. The van der Waals surface area contributed by atoms with Crippen LogP contribution >= 0.6 is 0 Å². The molecule has 2 heterocycles. The van der Waals surface area contributed by atoms with Crippen LogP contribution in [-0.4, -0.2) is 45.0 Å². The second-order valence-electron chi connectivity index (χ2n) is 7.98. The topological polar surface area (TPSA) is 88.2 Å². The van der Waals surface area contributed by atoms with E-state index in [1.54, 1.807) is 35.1 Å². The fraction of sp³-hybridized carbons (Fsp3) is 0.375. The molecule has 3 amide bonds. The molecular formula is C24H27N3O5. The van der Waals surface area contributed by atoms with Gasteiger partial charge < -0.3 is 24.6 Å². The van der Waals surface area contributed by atoms with Gasteiger partial charge in [-0.25, -0.2) is 0 Å². The lowest BCUT2D eigenvalue weighted by Crippen LogP contribution is -2.32. The predicted molar refractivity (Wildman–Crippen MR) is 120 cm³/mol. The SMILES string of the molecule is COc1ccc(N2CC(C(=O)NCc3cccc(N4CCCC4=O)c3)CC2=O)c(OC)c1. The zero-order valence-corrected chi connectivity index (χ0v) is 18.3. The van der Waals surface area contributed by atoms with Crippen LogP contribution < -0.4 is 24.6 Å². The van der Waals surface area contributed by atoms with Crippen molar-refractivity contribution in [1.82, 2.24) is 5.32 Å². The van der Waals surface area contributed by atoms with Gasteiger partial charge in [0, 0.05) is 44.2 Å². The van der Waals surface area contributed by atoms with Crippen LogP contribution in [0.1, 0.15) is 24.8 Å². The molecule has 1 unspecified atom stereocenters. The van der Waals surface area contributed by atoms with E-state index < -0.39 is 5.92 Å². The van der Waals surface area contributed by atoms with E-state index >= 15 is 0 Å². The maximum Gasteiger partial charge on any atom is 0.227 e. The molecule has 8 nitrogen and oxygen atoms in total. The molecular weight excluding hydrogens is 410 g/mol. The normalized spacial score (nSPS) is 18.2. The molecule has 168 valence electrons. The van der Waals surface area contributed by atoms with Gasteiger partial charge in [0.05, 0.1) is 25.8 Å². The molecule has 4 rings (SSSR count). The van der Waals surface area contributed by atoms with Crippen molar-refractivity contribution >= 4 is 29.1 Å². The molecule has 2 fully saturated rings. The minimum Gasteiger partial charge on any atom is -0.497 e. The van der Waals surface area contributed by atoms with Gasteiger partial charge in [-0.1, -0.05) is 12.1 Å². The summed E-state index contributed by atoms with van der Waals surface area (Å²) in [6.07, 6.45) is 1.58. The Morgan fingerprint density at radius 1 is 1.06 bits per heavy atom. The molecule has 1 N–H and O–H groups in total. The molecule has 0 radical (unpaired) electrons. The molecule has 32 heavy (non-hydrogen) atoms. The second-order valence-corrected chi connectivity index (χ2v) is 7.98. The standard InChI is InChI=1S/C24H27N3O5/c1-31-19-8-9-20(21(13-19)32-2)27-15-17(12-23(27)29)24(30)25-14-16-5-3-6-18(11-16)26-10-4-7-22(26)28/h3,5-6,8-9,11,13,17H,4,7,10,12,14-15H2,1-2H3,(H,25,30). The Hall–Kier alpha value is -3.55. The van der Waals surface area contributed by atoms with Crippen molar-refractivity contribution in [2.75, 3.05) is 37.1 Å². The first-order valence-corrected chi connectivity index (χ1v) is 10.7. The maximum atomic E-state index is 12.8. The van der Waals surface area contributed by atoms with Crippen molar-refractivity contribution in [2.24, 2.45) is 5.92 Å². The number of nitrogens with zero attached hydrogens (tertiary/aromatic N) is 2. The third kappa shape index (κ3) is 4.39. The number of anilines is 2. The predicted octanol–water partition coefficient (Wildman–Crippen LogP) is 2.50. The van der Waals surface area contributed by atoms with E-state index in [9.17, 15) is 14.4 Å². The Balaban J connectivity index is 1.39. The number of ether oxygens (including phenoxy) is 2. The highest BCUT2D eigenvalue weighted by Gasteiger charge is 2.36. The third-order valence-electron chi connectivity index (χ3n) is 5.94. The second kappa shape index (κ2) is 9.30. The minimum atomic E-state index is -0.447. The first-order chi connectivity index (χ1) is 15.5. The molecule has 0 bridgehead atoms. The number of rotatable bonds is 7. The average molecular weight is 437 g/mol. The van der Waals surface area contributed by atoms with Crippen molar-refractivity contribution in [3.8, 4) is 11.5 Å². The highest BCUT2D eigenvalue weighted by Crippen LogP contribution is 2.35. The van der Waals surface area contributed by atoms with Crippen LogP contribution in [0, 0.1) is 5.92 Å². The highest BCUT2D eigenvalue weighted by atomic mass is 16.5. The lowest BCUT2D eigenvalue weighted by molar-refractivity contribution is -0.126. The molecule has 2 saturated heterocycles. The number of carbonyl (C=O) groups excluding carboxylic acids is 3. The van der Waals surface area contributed by atoms with E-state index in [1.807, 2.05) is 24.3 Å². The van der Waals surface area contributed by atoms with Crippen LogP contribution in [0.15, 0.2) is 42.5 Å². The number of amides is 3. The summed E-state index contributed by atoms with van der Waals surface area (Å²) in [4.78, 5) is 40.8. The highest BCUT2D eigenvalue weighted by molar-refractivity contribution is 6.01. The van der Waals surface area contributed by atoms with Gasteiger partial charge in [0.2, 0.25) is 17.7 Å². The van der Waals surface area contributed by atoms with Crippen molar-refractivity contribution < 1.29 is 23.9 Å². The molecule has 2 aliphatic rings. The molecule has 2 aromatic carbocycles. The molecule has 8 heteroatoms. The van der Waals surface area contributed by atoms with E-state index in [2.05, 4.69) is 5.32 Å². The Morgan fingerprint density at radius 3 is 2.62 bits per heavy atom. The van der Waals surface area contributed by atoms with Crippen molar-refractivity contribution in [3.63, 3.8) is 0 Å². The van der Waals surface area contributed by atoms with Crippen molar-refractivity contribution in [2.45, 2.75) is 25.8 Å². The van der Waals surface area contributed by atoms with Gasteiger partial charge in [-0.05, 0) is 36.2 Å². The van der Waals surface area contributed by atoms with Crippen LogP contribution in [0.2, 0.25) is 0 Å². The van der Waals surface area contributed by atoms with Gasteiger partial charge in [-0.2, -0.15) is 0 Å². The molecule has 2 aromatic rings. The Kier molecular flexibility index (Phi) is 6.30. The van der Waals surface area contributed by atoms with Crippen LogP contribution in [0.25, 0.3) is 0 Å². The number of carbonyl (C=O) groups is 3. The average Bonchev–Trinajstić information content (AvgIpc) is 3.42. The lowest BCUT2D eigenvalue weighted by Gasteiger charge is -2.20. The summed E-state index contributed by atoms with van der Waals surface area (Å²) in [7, 11) is 3.10. The van der Waals surface area contributed by atoms with Gasteiger partial charge in [-0.3, -0.25) is 14.4 Å². The summed E-state index contributed by atoms with van der Waals surface area (Å²) in [6.45, 7) is 1.35. The summed E-state index contributed by atoms with van der Waals surface area (Å²) in [5.74, 6) is 0.540. The summed E-state index contributed by atoms with van der Waals surface area (Å²) in [6, 6.07) is 12.9. The number of methoxy groups -OCH3 is 2. The van der Waals surface area contributed by atoms with Crippen molar-refractivity contribution in [3.05, 3.63) is 48.0 Å². The van der Waals surface area contributed by atoms with Crippen LogP contribution in [0.5, 0.6) is 11.5 Å². The van der Waals surface area contributed by atoms with E-state index in [0.29, 0.717) is 30.2 Å². The molecule has 0 spiro atoms. The quantitative estimate of drug-likeness (QED) is 0.719. The fourth-order valence-electron chi connectivity index (χ4n) is 4.21. The van der Waals surface area contributed by atoms with Gasteiger partial charge in [-0.15, -0.1) is 0 Å². The molecule has 2 aliphatic heterocycles. The first-order valence-electron chi connectivity index (χ1n) is 10.7.